The average molecular weight is 314 g/mol. The number of thioether (sulfide) groups is 1. The van der Waals surface area contributed by atoms with Crippen LogP contribution in [-0.2, 0) is 5.75 Å². The number of aliphatic imine (C=N–C) groups is 1. The molecule has 0 bridgehead atoms. The maximum atomic E-state index is 6.00. The van der Waals surface area contributed by atoms with Gasteiger partial charge in [-0.3, -0.25) is 0 Å². The number of hydrogen-bond acceptors (Lipinski definition) is 3. The Kier molecular flexibility index (Phi) is 5.90. The Morgan fingerprint density at radius 3 is 2.55 bits per heavy atom. The third-order valence-corrected chi connectivity index (χ3v) is 4.19. The van der Waals surface area contributed by atoms with Gasteiger partial charge in [-0.2, -0.15) is 0 Å². The number of methoxy groups -OCH3 is 1. The Balaban J connectivity index is 1.96. The first kappa shape index (κ1) is 16.4. The molecule has 0 aliphatic carbocycles. The van der Waals surface area contributed by atoms with Gasteiger partial charge in [0.1, 0.15) is 5.75 Å². The van der Waals surface area contributed by atoms with Gasteiger partial charge in [0.2, 0.25) is 0 Å². The van der Waals surface area contributed by atoms with Gasteiger partial charge in [-0.15, -0.1) is 0 Å². The van der Waals surface area contributed by atoms with E-state index in [-0.39, 0.29) is 0 Å². The molecule has 0 radical (unpaired) electrons. The maximum Gasteiger partial charge on any atom is 0.159 e. The van der Waals surface area contributed by atoms with Crippen LogP contribution < -0.4 is 10.5 Å². The van der Waals surface area contributed by atoms with Crippen molar-refractivity contribution in [3.63, 3.8) is 0 Å². The smallest absolute Gasteiger partial charge is 0.159 e. The summed E-state index contributed by atoms with van der Waals surface area (Å²) >= 11 is 1.54. The van der Waals surface area contributed by atoms with E-state index in [1.165, 1.54) is 22.9 Å². The van der Waals surface area contributed by atoms with Gasteiger partial charge < -0.3 is 10.5 Å². The first-order valence-corrected chi connectivity index (χ1v) is 8.27. The SMILES string of the molecule is COc1cccc(N=C(N)SCc2ccc(C(C)C)cc2)c1. The Bertz CT molecular complexity index is 636. The molecule has 2 aromatic carbocycles. The molecule has 0 aliphatic heterocycles. The maximum absolute atomic E-state index is 6.00. The van der Waals surface area contributed by atoms with Crippen LogP contribution in [0.2, 0.25) is 0 Å². The molecule has 0 saturated carbocycles. The minimum atomic E-state index is 0.557. The molecule has 116 valence electrons. The Labute approximate surface area is 136 Å². The zero-order chi connectivity index (χ0) is 15.9. The molecule has 0 fully saturated rings. The van der Waals surface area contributed by atoms with E-state index in [0.29, 0.717) is 11.1 Å². The normalized spacial score (nSPS) is 11.7. The average Bonchev–Trinajstić information content (AvgIpc) is 2.53. The van der Waals surface area contributed by atoms with Crippen LogP contribution in [0.1, 0.15) is 30.9 Å². The van der Waals surface area contributed by atoms with Gasteiger partial charge in [-0.1, -0.05) is 55.9 Å². The van der Waals surface area contributed by atoms with Crippen molar-refractivity contribution in [1.29, 1.82) is 0 Å². The molecule has 3 nitrogen and oxygen atoms in total. The van der Waals surface area contributed by atoms with Gasteiger partial charge in [0, 0.05) is 11.8 Å². The summed E-state index contributed by atoms with van der Waals surface area (Å²) in [6.45, 7) is 4.39. The zero-order valence-corrected chi connectivity index (χ0v) is 14.1. The van der Waals surface area contributed by atoms with E-state index in [0.717, 1.165) is 17.2 Å². The summed E-state index contributed by atoms with van der Waals surface area (Å²) in [5, 5.41) is 0.557. The fraction of sp³-hybridized carbons (Fsp3) is 0.278. The lowest BCUT2D eigenvalue weighted by atomic mass is 10.0. The Morgan fingerprint density at radius 1 is 1.18 bits per heavy atom. The summed E-state index contributed by atoms with van der Waals surface area (Å²) in [6, 6.07) is 16.2. The van der Waals surface area contributed by atoms with Crippen LogP contribution in [0.5, 0.6) is 5.75 Å². The highest BCUT2D eigenvalue weighted by molar-refractivity contribution is 8.13. The predicted molar refractivity (Wildman–Crippen MR) is 96.1 cm³/mol. The van der Waals surface area contributed by atoms with E-state index in [2.05, 4.69) is 43.1 Å². The molecule has 2 N–H and O–H groups in total. The number of benzene rings is 2. The molecule has 0 saturated heterocycles. The van der Waals surface area contributed by atoms with Gasteiger partial charge in [-0.05, 0) is 29.2 Å². The van der Waals surface area contributed by atoms with Gasteiger partial charge in [0.25, 0.3) is 0 Å². The molecule has 2 rings (SSSR count). The summed E-state index contributed by atoms with van der Waals surface area (Å²) < 4.78 is 5.18. The molecule has 0 aliphatic rings. The minimum Gasteiger partial charge on any atom is -0.497 e. The molecule has 2 aromatic rings. The van der Waals surface area contributed by atoms with Crippen molar-refractivity contribution in [3.8, 4) is 5.75 Å². The van der Waals surface area contributed by atoms with Gasteiger partial charge in [0.15, 0.2) is 5.17 Å². The monoisotopic (exact) mass is 314 g/mol. The number of amidine groups is 1. The van der Waals surface area contributed by atoms with Crippen molar-refractivity contribution in [2.24, 2.45) is 10.7 Å². The molecule has 0 aromatic heterocycles. The van der Waals surface area contributed by atoms with E-state index < -0.39 is 0 Å². The molecule has 0 spiro atoms. The molecule has 4 heteroatoms. The van der Waals surface area contributed by atoms with E-state index >= 15 is 0 Å². The second-order valence-corrected chi connectivity index (χ2v) is 6.33. The van der Waals surface area contributed by atoms with Crippen LogP contribution in [0, 0.1) is 0 Å². The molecule has 0 heterocycles. The lowest BCUT2D eigenvalue weighted by molar-refractivity contribution is 0.415. The van der Waals surface area contributed by atoms with E-state index in [4.69, 9.17) is 10.5 Å². The number of ether oxygens (including phenoxy) is 1. The summed E-state index contributed by atoms with van der Waals surface area (Å²) in [7, 11) is 1.64. The van der Waals surface area contributed by atoms with Crippen LogP contribution in [0.15, 0.2) is 53.5 Å². The summed E-state index contributed by atoms with van der Waals surface area (Å²) in [4.78, 5) is 4.41. The van der Waals surface area contributed by atoms with Crippen molar-refractivity contribution in [2.75, 3.05) is 7.11 Å². The molecular weight excluding hydrogens is 292 g/mol. The van der Waals surface area contributed by atoms with Crippen LogP contribution in [-0.4, -0.2) is 12.3 Å². The predicted octanol–water partition coefficient (Wildman–Crippen LogP) is 4.70. The highest BCUT2D eigenvalue weighted by Crippen LogP contribution is 2.22. The zero-order valence-electron chi connectivity index (χ0n) is 13.2. The van der Waals surface area contributed by atoms with Crippen LogP contribution in [0.3, 0.4) is 0 Å². The molecule has 0 amide bonds. The number of nitrogens with two attached hydrogens (primary N) is 1. The third-order valence-electron chi connectivity index (χ3n) is 3.33. The standard InChI is InChI=1S/C18H22N2OS/c1-13(2)15-9-7-14(8-10-15)12-22-18(19)20-16-5-4-6-17(11-16)21-3/h4-11,13H,12H2,1-3H3,(H2,19,20). The molecular formula is C18H22N2OS. The number of rotatable bonds is 5. The van der Waals surface area contributed by atoms with Crippen molar-refractivity contribution in [1.82, 2.24) is 0 Å². The largest absolute Gasteiger partial charge is 0.497 e. The molecule has 22 heavy (non-hydrogen) atoms. The van der Waals surface area contributed by atoms with Gasteiger partial charge in [-0.25, -0.2) is 4.99 Å². The van der Waals surface area contributed by atoms with Crippen LogP contribution >= 0.6 is 11.8 Å². The van der Waals surface area contributed by atoms with Crippen molar-refractivity contribution in [3.05, 3.63) is 59.7 Å². The Morgan fingerprint density at radius 2 is 1.91 bits per heavy atom. The Hall–Kier alpha value is -1.94. The van der Waals surface area contributed by atoms with Crippen molar-refractivity contribution >= 4 is 22.6 Å². The first-order valence-electron chi connectivity index (χ1n) is 7.28. The fourth-order valence-electron chi connectivity index (χ4n) is 2.00. The van der Waals surface area contributed by atoms with Gasteiger partial charge in [0.05, 0.1) is 12.8 Å². The van der Waals surface area contributed by atoms with Crippen LogP contribution in [0.25, 0.3) is 0 Å². The second kappa shape index (κ2) is 7.90. The van der Waals surface area contributed by atoms with Crippen molar-refractivity contribution in [2.45, 2.75) is 25.5 Å². The quantitative estimate of drug-likeness (QED) is 0.643. The van der Waals surface area contributed by atoms with Crippen molar-refractivity contribution < 1.29 is 4.74 Å². The van der Waals surface area contributed by atoms with E-state index in [1.807, 2.05) is 24.3 Å². The molecule has 0 unspecified atom stereocenters. The topological polar surface area (TPSA) is 47.6 Å². The third kappa shape index (κ3) is 4.81. The summed E-state index contributed by atoms with van der Waals surface area (Å²) in [5.74, 6) is 2.15. The first-order chi connectivity index (χ1) is 10.6. The minimum absolute atomic E-state index is 0.557. The van der Waals surface area contributed by atoms with Crippen LogP contribution in [0.4, 0.5) is 5.69 Å². The fourth-order valence-corrected chi connectivity index (χ4v) is 2.67. The van der Waals surface area contributed by atoms with E-state index in [1.54, 1.807) is 7.11 Å². The van der Waals surface area contributed by atoms with Gasteiger partial charge >= 0.3 is 0 Å². The lowest BCUT2D eigenvalue weighted by Crippen LogP contribution is -2.06. The highest BCUT2D eigenvalue weighted by Gasteiger charge is 2.01. The molecule has 0 atom stereocenters. The lowest BCUT2D eigenvalue weighted by Gasteiger charge is -2.07. The number of nitrogens with zero attached hydrogens (tertiary/aromatic N) is 1. The number of hydrogen-bond donors (Lipinski definition) is 1. The highest BCUT2D eigenvalue weighted by atomic mass is 32.2. The summed E-state index contributed by atoms with van der Waals surface area (Å²) in [5.41, 5.74) is 9.40. The second-order valence-electron chi connectivity index (χ2n) is 5.34. The summed E-state index contributed by atoms with van der Waals surface area (Å²) in [6.07, 6.45) is 0. The van der Waals surface area contributed by atoms with E-state index in [9.17, 15) is 0 Å².